The molecule has 0 fully saturated rings. The van der Waals surface area contributed by atoms with Gasteiger partial charge in [0.2, 0.25) is 5.91 Å². The predicted octanol–water partition coefficient (Wildman–Crippen LogP) is 4.09. The SMILES string of the molecule is CC(C)c1ccc(CCNC(=O)/C=C/c2cccc([N+](=O)[O-])c2)cc1. The molecule has 0 bridgehead atoms. The van der Waals surface area contributed by atoms with E-state index in [2.05, 4.69) is 43.4 Å². The van der Waals surface area contributed by atoms with Gasteiger partial charge in [-0.25, -0.2) is 0 Å². The van der Waals surface area contributed by atoms with Gasteiger partial charge in [0.1, 0.15) is 0 Å². The molecular formula is C20H22N2O3. The van der Waals surface area contributed by atoms with Gasteiger partial charge in [-0.1, -0.05) is 50.2 Å². The largest absolute Gasteiger partial charge is 0.352 e. The Morgan fingerprint density at radius 3 is 2.56 bits per heavy atom. The molecule has 0 spiro atoms. The summed E-state index contributed by atoms with van der Waals surface area (Å²) < 4.78 is 0. The lowest BCUT2D eigenvalue weighted by atomic mass is 10.0. The number of carbonyl (C=O) groups excluding carboxylic acids is 1. The first-order valence-corrected chi connectivity index (χ1v) is 8.25. The highest BCUT2D eigenvalue weighted by atomic mass is 16.6. The molecule has 2 rings (SSSR count). The highest BCUT2D eigenvalue weighted by Crippen LogP contribution is 2.15. The summed E-state index contributed by atoms with van der Waals surface area (Å²) in [7, 11) is 0. The lowest BCUT2D eigenvalue weighted by molar-refractivity contribution is -0.384. The molecule has 0 radical (unpaired) electrons. The fourth-order valence-electron chi connectivity index (χ4n) is 2.37. The van der Waals surface area contributed by atoms with Crippen LogP contribution in [0.4, 0.5) is 5.69 Å². The van der Waals surface area contributed by atoms with Gasteiger partial charge >= 0.3 is 0 Å². The Labute approximate surface area is 147 Å². The minimum Gasteiger partial charge on any atom is -0.352 e. The maximum absolute atomic E-state index is 11.8. The number of hydrogen-bond acceptors (Lipinski definition) is 3. The van der Waals surface area contributed by atoms with Crippen molar-refractivity contribution in [1.29, 1.82) is 0 Å². The summed E-state index contributed by atoms with van der Waals surface area (Å²) in [6, 6.07) is 14.6. The second-order valence-corrected chi connectivity index (χ2v) is 6.12. The number of nitrogens with zero attached hydrogens (tertiary/aromatic N) is 1. The second kappa shape index (κ2) is 8.78. The van der Waals surface area contributed by atoms with Crippen molar-refractivity contribution in [3.63, 3.8) is 0 Å². The third-order valence-corrected chi connectivity index (χ3v) is 3.87. The summed E-state index contributed by atoms with van der Waals surface area (Å²) in [4.78, 5) is 22.1. The number of carbonyl (C=O) groups is 1. The molecule has 0 heterocycles. The van der Waals surface area contributed by atoms with Crippen LogP contribution in [0.25, 0.3) is 6.08 Å². The van der Waals surface area contributed by atoms with Crippen LogP contribution in [-0.4, -0.2) is 17.4 Å². The molecule has 0 aliphatic rings. The molecular weight excluding hydrogens is 316 g/mol. The van der Waals surface area contributed by atoms with E-state index in [1.54, 1.807) is 18.2 Å². The van der Waals surface area contributed by atoms with E-state index in [1.165, 1.54) is 29.3 Å². The zero-order valence-electron chi connectivity index (χ0n) is 14.4. The summed E-state index contributed by atoms with van der Waals surface area (Å²) in [6.07, 6.45) is 3.72. The Bertz CT molecular complexity index is 765. The number of nitro groups is 1. The molecule has 0 aromatic heterocycles. The Morgan fingerprint density at radius 2 is 1.92 bits per heavy atom. The molecule has 5 nitrogen and oxygen atoms in total. The van der Waals surface area contributed by atoms with Crippen molar-refractivity contribution in [3.8, 4) is 0 Å². The molecule has 5 heteroatoms. The van der Waals surface area contributed by atoms with Gasteiger partial charge in [-0.05, 0) is 35.1 Å². The van der Waals surface area contributed by atoms with Crippen molar-refractivity contribution in [2.75, 3.05) is 6.54 Å². The van der Waals surface area contributed by atoms with Crippen LogP contribution in [0.15, 0.2) is 54.6 Å². The van der Waals surface area contributed by atoms with Crippen LogP contribution in [0.2, 0.25) is 0 Å². The maximum atomic E-state index is 11.8. The summed E-state index contributed by atoms with van der Waals surface area (Å²) >= 11 is 0. The fraction of sp³-hybridized carbons (Fsp3) is 0.250. The molecule has 0 aliphatic heterocycles. The Balaban J connectivity index is 1.82. The highest BCUT2D eigenvalue weighted by molar-refractivity contribution is 5.91. The molecule has 25 heavy (non-hydrogen) atoms. The standard InChI is InChI=1S/C20H22N2O3/c1-15(2)18-9-6-16(7-10-18)12-13-21-20(23)11-8-17-4-3-5-19(14-17)22(24)25/h3-11,14-15H,12-13H2,1-2H3,(H,21,23)/b11-8+. The van der Waals surface area contributed by atoms with Gasteiger partial charge in [-0.15, -0.1) is 0 Å². The van der Waals surface area contributed by atoms with Gasteiger partial charge in [0.05, 0.1) is 4.92 Å². The number of amides is 1. The molecule has 1 amide bonds. The summed E-state index contributed by atoms with van der Waals surface area (Å²) in [6.45, 7) is 4.85. The van der Waals surface area contributed by atoms with Crippen LogP contribution in [0.1, 0.15) is 36.5 Å². The summed E-state index contributed by atoms with van der Waals surface area (Å²) in [5.41, 5.74) is 3.10. The molecule has 130 valence electrons. The monoisotopic (exact) mass is 338 g/mol. The predicted molar refractivity (Wildman–Crippen MR) is 99.4 cm³/mol. The van der Waals surface area contributed by atoms with Crippen molar-refractivity contribution in [2.24, 2.45) is 0 Å². The van der Waals surface area contributed by atoms with Crippen molar-refractivity contribution in [1.82, 2.24) is 5.32 Å². The average molecular weight is 338 g/mol. The quantitative estimate of drug-likeness (QED) is 0.469. The highest BCUT2D eigenvalue weighted by Gasteiger charge is 2.04. The van der Waals surface area contributed by atoms with Crippen molar-refractivity contribution in [2.45, 2.75) is 26.2 Å². The zero-order valence-corrected chi connectivity index (χ0v) is 14.4. The fourth-order valence-corrected chi connectivity index (χ4v) is 2.37. The normalized spacial score (nSPS) is 11.0. The van der Waals surface area contributed by atoms with Crippen LogP contribution < -0.4 is 5.32 Å². The lowest BCUT2D eigenvalue weighted by Crippen LogP contribution is -2.23. The molecule has 0 atom stereocenters. The first kappa shape index (κ1) is 18.4. The lowest BCUT2D eigenvalue weighted by Gasteiger charge is -2.07. The Kier molecular flexibility index (Phi) is 6.46. The molecule has 0 aliphatic carbocycles. The number of non-ortho nitro benzene ring substituents is 1. The van der Waals surface area contributed by atoms with E-state index >= 15 is 0 Å². The smallest absolute Gasteiger partial charge is 0.270 e. The van der Waals surface area contributed by atoms with E-state index in [9.17, 15) is 14.9 Å². The minimum absolute atomic E-state index is 0.00685. The van der Waals surface area contributed by atoms with Crippen LogP contribution in [-0.2, 0) is 11.2 Å². The van der Waals surface area contributed by atoms with Gasteiger partial charge in [0, 0.05) is 24.8 Å². The van der Waals surface area contributed by atoms with E-state index in [4.69, 9.17) is 0 Å². The van der Waals surface area contributed by atoms with E-state index in [-0.39, 0.29) is 11.6 Å². The number of hydrogen-bond donors (Lipinski definition) is 1. The number of nitro benzene ring substituents is 1. The van der Waals surface area contributed by atoms with E-state index in [0.717, 1.165) is 6.42 Å². The number of rotatable bonds is 7. The summed E-state index contributed by atoms with van der Waals surface area (Å²) in [5.74, 6) is 0.290. The molecule has 1 N–H and O–H groups in total. The molecule has 0 unspecified atom stereocenters. The van der Waals surface area contributed by atoms with Crippen LogP contribution in [0.3, 0.4) is 0 Å². The van der Waals surface area contributed by atoms with Crippen molar-refractivity contribution >= 4 is 17.7 Å². The first-order chi connectivity index (χ1) is 12.0. The van der Waals surface area contributed by atoms with Crippen LogP contribution >= 0.6 is 0 Å². The molecule has 2 aromatic carbocycles. The maximum Gasteiger partial charge on any atom is 0.270 e. The van der Waals surface area contributed by atoms with Crippen LogP contribution in [0.5, 0.6) is 0 Å². The van der Waals surface area contributed by atoms with Crippen molar-refractivity contribution < 1.29 is 9.72 Å². The molecule has 0 saturated carbocycles. The first-order valence-electron chi connectivity index (χ1n) is 8.25. The van der Waals surface area contributed by atoms with Gasteiger partial charge in [0.25, 0.3) is 5.69 Å². The average Bonchev–Trinajstić information content (AvgIpc) is 2.60. The van der Waals surface area contributed by atoms with E-state index in [1.807, 2.05) is 0 Å². The minimum atomic E-state index is -0.456. The Hall–Kier alpha value is -2.95. The van der Waals surface area contributed by atoms with Gasteiger partial charge in [-0.3, -0.25) is 14.9 Å². The Morgan fingerprint density at radius 1 is 1.20 bits per heavy atom. The number of benzene rings is 2. The third kappa shape index (κ3) is 5.88. The van der Waals surface area contributed by atoms with Crippen molar-refractivity contribution in [3.05, 3.63) is 81.4 Å². The topological polar surface area (TPSA) is 72.2 Å². The van der Waals surface area contributed by atoms with Gasteiger partial charge < -0.3 is 5.32 Å². The summed E-state index contributed by atoms with van der Waals surface area (Å²) in [5, 5.41) is 13.5. The van der Waals surface area contributed by atoms with E-state index < -0.39 is 4.92 Å². The number of nitrogens with one attached hydrogen (secondary N) is 1. The van der Waals surface area contributed by atoms with Gasteiger partial charge in [-0.2, -0.15) is 0 Å². The zero-order chi connectivity index (χ0) is 18.2. The van der Waals surface area contributed by atoms with E-state index in [0.29, 0.717) is 18.0 Å². The van der Waals surface area contributed by atoms with Crippen LogP contribution in [0, 0.1) is 10.1 Å². The molecule has 2 aromatic rings. The third-order valence-electron chi connectivity index (χ3n) is 3.87. The second-order valence-electron chi connectivity index (χ2n) is 6.12. The molecule has 0 saturated heterocycles. The van der Waals surface area contributed by atoms with Gasteiger partial charge in [0.15, 0.2) is 0 Å².